The van der Waals surface area contributed by atoms with Crippen LogP contribution < -0.4 is 14.4 Å². The standard InChI is InChI=1S/C21H26N2O4S/c1-4-17(16-11-9-15(2)10-12-16)22-21(24)20-13-14-23(28(3,25)26)18-7-5-6-8-19(18)27-20/h5-12,17,20H,4,13-14H2,1-3H3,(H,22,24)/t17-,20-/m0/s1. The fraction of sp³-hybridized carbons (Fsp3) is 0.381. The van der Waals surface area contributed by atoms with Gasteiger partial charge in [0.15, 0.2) is 6.10 Å². The van der Waals surface area contributed by atoms with Gasteiger partial charge in [0, 0.05) is 13.0 Å². The highest BCUT2D eigenvalue weighted by Gasteiger charge is 2.31. The number of rotatable bonds is 5. The van der Waals surface area contributed by atoms with E-state index < -0.39 is 16.1 Å². The largest absolute Gasteiger partial charge is 0.478 e. The van der Waals surface area contributed by atoms with Crippen molar-refractivity contribution in [1.82, 2.24) is 5.32 Å². The number of nitrogens with zero attached hydrogens (tertiary/aromatic N) is 1. The Kier molecular flexibility index (Phi) is 5.93. The average molecular weight is 403 g/mol. The summed E-state index contributed by atoms with van der Waals surface area (Å²) in [4.78, 5) is 12.9. The fourth-order valence-corrected chi connectivity index (χ4v) is 4.29. The number of para-hydroxylation sites is 2. The van der Waals surface area contributed by atoms with Gasteiger partial charge in [0.2, 0.25) is 10.0 Å². The molecule has 7 heteroatoms. The van der Waals surface area contributed by atoms with E-state index in [0.29, 0.717) is 11.4 Å². The third-order valence-electron chi connectivity index (χ3n) is 4.89. The van der Waals surface area contributed by atoms with E-state index in [1.807, 2.05) is 38.1 Å². The fourth-order valence-electron chi connectivity index (χ4n) is 3.34. The Hall–Kier alpha value is -2.54. The van der Waals surface area contributed by atoms with E-state index in [9.17, 15) is 13.2 Å². The van der Waals surface area contributed by atoms with Gasteiger partial charge in [-0.1, -0.05) is 48.9 Å². The number of ether oxygens (including phenoxy) is 1. The molecule has 1 heterocycles. The molecule has 0 bridgehead atoms. The minimum absolute atomic E-state index is 0.124. The van der Waals surface area contributed by atoms with Gasteiger partial charge in [-0.15, -0.1) is 0 Å². The van der Waals surface area contributed by atoms with Crippen LogP contribution in [0, 0.1) is 6.92 Å². The van der Waals surface area contributed by atoms with Crippen molar-refractivity contribution in [2.24, 2.45) is 0 Å². The molecule has 0 unspecified atom stereocenters. The molecule has 2 aromatic carbocycles. The van der Waals surface area contributed by atoms with Crippen molar-refractivity contribution in [3.05, 3.63) is 59.7 Å². The van der Waals surface area contributed by atoms with Crippen LogP contribution >= 0.6 is 0 Å². The summed E-state index contributed by atoms with van der Waals surface area (Å²) in [5, 5.41) is 3.05. The quantitative estimate of drug-likeness (QED) is 0.833. The molecule has 3 rings (SSSR count). The second kappa shape index (κ2) is 8.22. The Morgan fingerprint density at radius 2 is 1.89 bits per heavy atom. The van der Waals surface area contributed by atoms with Crippen molar-refractivity contribution in [2.75, 3.05) is 17.1 Å². The summed E-state index contributed by atoms with van der Waals surface area (Å²) in [5.74, 6) is 0.159. The van der Waals surface area contributed by atoms with Gasteiger partial charge in [0.1, 0.15) is 5.75 Å². The molecule has 1 aliphatic rings. The second-order valence-corrected chi connectivity index (χ2v) is 8.98. The number of amides is 1. The van der Waals surface area contributed by atoms with E-state index in [1.165, 1.54) is 4.31 Å². The summed E-state index contributed by atoms with van der Waals surface area (Å²) < 4.78 is 31.6. The number of hydrogen-bond donors (Lipinski definition) is 1. The lowest BCUT2D eigenvalue weighted by Gasteiger charge is -2.22. The first kappa shape index (κ1) is 20.2. The van der Waals surface area contributed by atoms with Crippen LogP contribution in [0.2, 0.25) is 0 Å². The third kappa shape index (κ3) is 4.47. The van der Waals surface area contributed by atoms with Crippen LogP contribution in [0.3, 0.4) is 0 Å². The zero-order valence-corrected chi connectivity index (χ0v) is 17.2. The highest BCUT2D eigenvalue weighted by atomic mass is 32.2. The molecule has 0 fully saturated rings. The molecule has 2 atom stereocenters. The van der Waals surface area contributed by atoms with E-state index in [2.05, 4.69) is 5.32 Å². The molecule has 0 aliphatic carbocycles. The molecule has 0 saturated heterocycles. The van der Waals surface area contributed by atoms with Gasteiger partial charge in [0.05, 0.1) is 18.0 Å². The van der Waals surface area contributed by atoms with Crippen LogP contribution in [0.4, 0.5) is 5.69 Å². The van der Waals surface area contributed by atoms with E-state index in [-0.39, 0.29) is 24.9 Å². The number of sulfonamides is 1. The highest BCUT2D eigenvalue weighted by molar-refractivity contribution is 7.92. The lowest BCUT2D eigenvalue weighted by molar-refractivity contribution is -0.128. The van der Waals surface area contributed by atoms with Crippen LogP contribution in [0.25, 0.3) is 0 Å². The molecule has 0 aromatic heterocycles. The number of carbonyl (C=O) groups excluding carboxylic acids is 1. The molecule has 2 aromatic rings. The maximum Gasteiger partial charge on any atom is 0.261 e. The minimum atomic E-state index is -3.46. The summed E-state index contributed by atoms with van der Waals surface area (Å²) in [6.07, 6.45) is 1.42. The molecular weight excluding hydrogens is 376 g/mol. The van der Waals surface area contributed by atoms with Gasteiger partial charge in [-0.25, -0.2) is 8.42 Å². The lowest BCUT2D eigenvalue weighted by Crippen LogP contribution is -2.41. The molecule has 0 radical (unpaired) electrons. The van der Waals surface area contributed by atoms with Gasteiger partial charge >= 0.3 is 0 Å². The molecule has 0 spiro atoms. The minimum Gasteiger partial charge on any atom is -0.478 e. The summed E-state index contributed by atoms with van der Waals surface area (Å²) in [6, 6.07) is 14.8. The summed E-state index contributed by atoms with van der Waals surface area (Å²) >= 11 is 0. The monoisotopic (exact) mass is 402 g/mol. The maximum atomic E-state index is 12.9. The van der Waals surface area contributed by atoms with Crippen molar-refractivity contribution in [3.63, 3.8) is 0 Å². The summed E-state index contributed by atoms with van der Waals surface area (Å²) in [5.41, 5.74) is 2.66. The van der Waals surface area contributed by atoms with Gasteiger partial charge in [-0.3, -0.25) is 9.10 Å². The average Bonchev–Trinajstić information content (AvgIpc) is 2.86. The lowest BCUT2D eigenvalue weighted by atomic mass is 10.0. The molecule has 0 saturated carbocycles. The third-order valence-corrected chi connectivity index (χ3v) is 6.07. The number of carbonyl (C=O) groups is 1. The molecule has 1 amide bonds. The van der Waals surface area contributed by atoms with Crippen LogP contribution in [0.15, 0.2) is 48.5 Å². The topological polar surface area (TPSA) is 75.7 Å². The SMILES string of the molecule is CC[C@H](NC(=O)[C@@H]1CCN(S(C)(=O)=O)c2ccccc2O1)c1ccc(C)cc1. The smallest absolute Gasteiger partial charge is 0.261 e. The van der Waals surface area contributed by atoms with Crippen LogP contribution in [-0.4, -0.2) is 33.2 Å². The van der Waals surface area contributed by atoms with Crippen molar-refractivity contribution < 1.29 is 17.9 Å². The Balaban J connectivity index is 1.80. The molecule has 6 nitrogen and oxygen atoms in total. The number of aryl methyl sites for hydroxylation is 1. The zero-order chi connectivity index (χ0) is 20.3. The van der Waals surface area contributed by atoms with Crippen molar-refractivity contribution in [3.8, 4) is 5.75 Å². The molecule has 28 heavy (non-hydrogen) atoms. The number of nitrogens with one attached hydrogen (secondary N) is 1. The molecular formula is C21H26N2O4S. The van der Waals surface area contributed by atoms with Gasteiger partial charge in [-0.05, 0) is 31.0 Å². The number of fused-ring (bicyclic) bond motifs is 1. The Labute approximate surface area is 166 Å². The van der Waals surface area contributed by atoms with Gasteiger partial charge < -0.3 is 10.1 Å². The van der Waals surface area contributed by atoms with Crippen molar-refractivity contribution in [1.29, 1.82) is 0 Å². The number of benzene rings is 2. The Morgan fingerprint density at radius 3 is 2.54 bits per heavy atom. The predicted molar refractivity (Wildman–Crippen MR) is 110 cm³/mol. The zero-order valence-electron chi connectivity index (χ0n) is 16.4. The maximum absolute atomic E-state index is 12.9. The molecule has 1 aliphatic heterocycles. The van der Waals surface area contributed by atoms with Crippen molar-refractivity contribution >= 4 is 21.6 Å². The molecule has 1 N–H and O–H groups in total. The van der Waals surface area contributed by atoms with E-state index in [0.717, 1.165) is 23.8 Å². The van der Waals surface area contributed by atoms with E-state index >= 15 is 0 Å². The summed E-state index contributed by atoms with van der Waals surface area (Å²) in [7, 11) is -3.46. The first-order valence-corrected chi connectivity index (χ1v) is 11.2. The Bertz CT molecular complexity index is 941. The highest BCUT2D eigenvalue weighted by Crippen LogP contribution is 2.34. The normalized spacial score (nSPS) is 17.8. The summed E-state index contributed by atoms with van der Waals surface area (Å²) in [6.45, 7) is 4.22. The number of hydrogen-bond acceptors (Lipinski definition) is 4. The van der Waals surface area contributed by atoms with Crippen molar-refractivity contribution in [2.45, 2.75) is 38.8 Å². The number of anilines is 1. The predicted octanol–water partition coefficient (Wildman–Crippen LogP) is 3.18. The Morgan fingerprint density at radius 1 is 1.21 bits per heavy atom. The van der Waals surface area contributed by atoms with E-state index in [4.69, 9.17) is 4.74 Å². The van der Waals surface area contributed by atoms with Crippen LogP contribution in [-0.2, 0) is 14.8 Å². The molecule has 150 valence electrons. The van der Waals surface area contributed by atoms with Gasteiger partial charge in [0.25, 0.3) is 5.91 Å². The second-order valence-electron chi connectivity index (χ2n) is 7.08. The van der Waals surface area contributed by atoms with Gasteiger partial charge in [-0.2, -0.15) is 0 Å². The van der Waals surface area contributed by atoms with E-state index in [1.54, 1.807) is 24.3 Å². The first-order valence-electron chi connectivity index (χ1n) is 9.40. The van der Waals surface area contributed by atoms with Crippen LogP contribution in [0.5, 0.6) is 5.75 Å². The van der Waals surface area contributed by atoms with Crippen LogP contribution in [0.1, 0.15) is 36.9 Å². The first-order chi connectivity index (χ1) is 13.3.